The van der Waals surface area contributed by atoms with Crippen molar-refractivity contribution in [3.05, 3.63) is 24.3 Å². The van der Waals surface area contributed by atoms with Gasteiger partial charge in [-0.15, -0.1) is 0 Å². The van der Waals surface area contributed by atoms with Gasteiger partial charge in [-0.3, -0.25) is 0 Å². The van der Waals surface area contributed by atoms with Crippen molar-refractivity contribution in [1.82, 2.24) is 10.4 Å². The van der Waals surface area contributed by atoms with E-state index in [0.29, 0.717) is 6.61 Å². The van der Waals surface area contributed by atoms with Gasteiger partial charge >= 0.3 is 0 Å². The number of nitrogens with two attached hydrogens (primary N) is 1. The molecule has 5 heteroatoms. The van der Waals surface area contributed by atoms with Gasteiger partial charge in [-0.2, -0.15) is 0 Å². The van der Waals surface area contributed by atoms with Gasteiger partial charge < -0.3 is 14.6 Å². The quantitative estimate of drug-likeness (QED) is 0.0413. The summed E-state index contributed by atoms with van der Waals surface area (Å²) in [7, 11) is 4.24. The predicted octanol–water partition coefficient (Wildman–Crippen LogP) is 11.3. The third-order valence-electron chi connectivity index (χ3n) is 10.2. The maximum Gasteiger partial charge on any atom is 0.0682 e. The van der Waals surface area contributed by atoms with Crippen LogP contribution in [-0.2, 0) is 9.68 Å². The summed E-state index contributed by atoms with van der Waals surface area (Å²) in [6.45, 7) is 8.26. The molecule has 0 saturated carbocycles. The van der Waals surface area contributed by atoms with E-state index in [1.807, 2.05) is 0 Å². The van der Waals surface area contributed by atoms with Crippen molar-refractivity contribution < 1.29 is 9.68 Å². The zero-order valence-corrected chi connectivity index (χ0v) is 31.5. The Bertz CT molecular complexity index is 683. The van der Waals surface area contributed by atoms with Crippen LogP contribution in [0.4, 0.5) is 0 Å². The number of nitrogens with one attached hydrogen (secondary N) is 1. The summed E-state index contributed by atoms with van der Waals surface area (Å²) in [5.41, 5.74) is 3.12. The van der Waals surface area contributed by atoms with Crippen LogP contribution in [-0.4, -0.2) is 45.3 Å². The second kappa shape index (κ2) is 32.8. The van der Waals surface area contributed by atoms with E-state index in [4.69, 9.17) is 15.6 Å². The molecule has 1 rings (SSSR count). The minimum atomic E-state index is 0.699. The molecule has 0 amide bonds. The normalized spacial score (nSPS) is 20.0. The summed E-state index contributed by atoms with van der Waals surface area (Å²) in [4.78, 5) is 12.5. The topological polar surface area (TPSA) is 59.8 Å². The van der Waals surface area contributed by atoms with Crippen LogP contribution >= 0.6 is 0 Å². The summed E-state index contributed by atoms with van der Waals surface area (Å²) >= 11 is 0. The number of hydroxylamine groups is 1. The zero-order chi connectivity index (χ0) is 33.3. The zero-order valence-electron chi connectivity index (χ0n) is 31.5. The molecule has 0 aromatic heterocycles. The number of nitrogens with zero attached hydrogens (tertiary/aromatic N) is 1. The SMILES string of the molecule is CCCCCCC1C=CC(CCCCCCCCONCCCN(C)C)C(/C=C/CCCCCCCCON)C1CCCCCC. The fourth-order valence-electron chi connectivity index (χ4n) is 7.35. The van der Waals surface area contributed by atoms with Crippen molar-refractivity contribution in [1.29, 1.82) is 0 Å². The molecule has 0 bridgehead atoms. The molecule has 0 aromatic carbocycles. The van der Waals surface area contributed by atoms with Crippen molar-refractivity contribution in [2.75, 3.05) is 40.4 Å². The van der Waals surface area contributed by atoms with E-state index in [1.54, 1.807) is 0 Å². The number of unbranched alkanes of at least 4 members (excludes halogenated alkanes) is 17. The van der Waals surface area contributed by atoms with Crippen LogP contribution in [0.5, 0.6) is 0 Å². The number of hydrogen-bond donors (Lipinski definition) is 2. The molecule has 1 aliphatic carbocycles. The Kier molecular flexibility index (Phi) is 30.9. The molecule has 46 heavy (non-hydrogen) atoms. The van der Waals surface area contributed by atoms with Crippen molar-refractivity contribution in [2.24, 2.45) is 29.6 Å². The highest BCUT2D eigenvalue weighted by atomic mass is 16.6. The summed E-state index contributed by atoms with van der Waals surface area (Å²) < 4.78 is 0. The van der Waals surface area contributed by atoms with Gasteiger partial charge in [-0.05, 0) is 95.7 Å². The van der Waals surface area contributed by atoms with Crippen LogP contribution in [0.25, 0.3) is 0 Å². The van der Waals surface area contributed by atoms with Gasteiger partial charge in [0, 0.05) is 6.54 Å². The predicted molar refractivity (Wildman–Crippen MR) is 202 cm³/mol. The number of hydrogen-bond acceptors (Lipinski definition) is 5. The first-order valence-electron chi connectivity index (χ1n) is 20.3. The Balaban J connectivity index is 2.57. The molecule has 0 fully saturated rings. The maximum atomic E-state index is 5.62. The summed E-state index contributed by atoms with van der Waals surface area (Å²) in [5, 5.41) is 0. The highest BCUT2D eigenvalue weighted by Crippen LogP contribution is 2.43. The van der Waals surface area contributed by atoms with E-state index in [9.17, 15) is 0 Å². The smallest absolute Gasteiger partial charge is 0.0682 e. The molecule has 3 N–H and O–H groups in total. The lowest BCUT2D eigenvalue weighted by molar-refractivity contribution is 0.0371. The second-order valence-electron chi connectivity index (χ2n) is 14.7. The standard InChI is InChI=1S/C41H81N3O2/c1-5-7-9-21-28-38-32-33-39(29-22-17-14-16-20-26-37-46-43-34-27-35-44(3)4)41(40(38)30-23-10-8-6-2)31-24-18-13-11-12-15-19-25-36-45-42/h24,31-33,38-41,43H,5-23,25-30,34-37,42H2,1-4H3/b31-24+. The van der Waals surface area contributed by atoms with Crippen molar-refractivity contribution >= 4 is 0 Å². The highest BCUT2D eigenvalue weighted by molar-refractivity contribution is 5.10. The lowest BCUT2D eigenvalue weighted by Crippen LogP contribution is -2.30. The van der Waals surface area contributed by atoms with Gasteiger partial charge in [0.25, 0.3) is 0 Å². The minimum Gasteiger partial charge on any atom is -0.309 e. The van der Waals surface area contributed by atoms with Gasteiger partial charge in [0.05, 0.1) is 13.2 Å². The molecule has 4 unspecified atom stereocenters. The third kappa shape index (κ3) is 24.4. The molecule has 272 valence electrons. The molecule has 0 spiro atoms. The minimum absolute atomic E-state index is 0.699. The Morgan fingerprint density at radius 1 is 0.630 bits per heavy atom. The fraction of sp³-hybridized carbons (Fsp3) is 0.902. The van der Waals surface area contributed by atoms with E-state index in [-0.39, 0.29) is 0 Å². The highest BCUT2D eigenvalue weighted by Gasteiger charge is 2.33. The van der Waals surface area contributed by atoms with Crippen molar-refractivity contribution in [3.63, 3.8) is 0 Å². The molecule has 1 aliphatic rings. The molecule has 0 radical (unpaired) electrons. The van der Waals surface area contributed by atoms with E-state index < -0.39 is 0 Å². The van der Waals surface area contributed by atoms with Crippen LogP contribution < -0.4 is 11.4 Å². The van der Waals surface area contributed by atoms with Crippen molar-refractivity contribution in [3.8, 4) is 0 Å². The lowest BCUT2D eigenvalue weighted by Gasteiger charge is -2.39. The van der Waals surface area contributed by atoms with E-state index in [0.717, 1.165) is 56.2 Å². The number of allylic oxidation sites excluding steroid dienone is 4. The van der Waals surface area contributed by atoms with Gasteiger partial charge in [0.1, 0.15) is 0 Å². The first-order chi connectivity index (χ1) is 22.6. The van der Waals surface area contributed by atoms with E-state index in [2.05, 4.69) is 62.6 Å². The molecular formula is C41H81N3O2. The summed E-state index contributed by atoms with van der Waals surface area (Å²) in [6.07, 6.45) is 43.9. The van der Waals surface area contributed by atoms with Crippen LogP contribution in [0.15, 0.2) is 24.3 Å². The van der Waals surface area contributed by atoms with Gasteiger partial charge in [0.15, 0.2) is 0 Å². The molecular weight excluding hydrogens is 566 g/mol. The van der Waals surface area contributed by atoms with Crippen LogP contribution in [0, 0.1) is 23.7 Å². The Hall–Kier alpha value is -0.720. The van der Waals surface area contributed by atoms with Crippen LogP contribution in [0.1, 0.15) is 174 Å². The molecule has 0 aliphatic heterocycles. The van der Waals surface area contributed by atoms with Crippen molar-refractivity contribution in [2.45, 2.75) is 174 Å². The first-order valence-corrected chi connectivity index (χ1v) is 20.3. The maximum absolute atomic E-state index is 5.62. The third-order valence-corrected chi connectivity index (χ3v) is 10.2. The molecule has 0 aromatic rings. The van der Waals surface area contributed by atoms with Gasteiger partial charge in [-0.1, -0.05) is 147 Å². The Labute approximate surface area is 288 Å². The largest absolute Gasteiger partial charge is 0.309 e. The summed E-state index contributed by atoms with van der Waals surface area (Å²) in [5.74, 6) is 8.25. The number of rotatable bonds is 34. The first kappa shape index (κ1) is 43.3. The van der Waals surface area contributed by atoms with Gasteiger partial charge in [0.2, 0.25) is 0 Å². The average Bonchev–Trinajstić information content (AvgIpc) is 3.05. The lowest BCUT2D eigenvalue weighted by atomic mass is 9.66. The van der Waals surface area contributed by atoms with Crippen LogP contribution in [0.2, 0.25) is 0 Å². The molecule has 5 nitrogen and oxygen atoms in total. The monoisotopic (exact) mass is 648 g/mol. The molecule has 4 atom stereocenters. The van der Waals surface area contributed by atoms with E-state index >= 15 is 0 Å². The fourth-order valence-corrected chi connectivity index (χ4v) is 7.35. The second-order valence-corrected chi connectivity index (χ2v) is 14.7. The van der Waals surface area contributed by atoms with Crippen LogP contribution in [0.3, 0.4) is 0 Å². The summed E-state index contributed by atoms with van der Waals surface area (Å²) in [6, 6.07) is 0. The van der Waals surface area contributed by atoms with Gasteiger partial charge in [-0.25, -0.2) is 11.4 Å². The Morgan fingerprint density at radius 3 is 1.83 bits per heavy atom. The van der Waals surface area contributed by atoms with E-state index in [1.165, 1.54) is 148 Å². The Morgan fingerprint density at radius 2 is 1.17 bits per heavy atom. The molecule has 0 saturated heterocycles. The molecule has 0 heterocycles. The average molecular weight is 648 g/mol.